The first-order valence-electron chi connectivity index (χ1n) is 8.29. The van der Waals surface area contributed by atoms with Crippen molar-refractivity contribution in [3.8, 4) is 5.75 Å². The third kappa shape index (κ3) is 4.96. The van der Waals surface area contributed by atoms with Crippen LogP contribution in [0.5, 0.6) is 5.75 Å². The number of aliphatic imine (C=N–C) groups is 1. The van der Waals surface area contributed by atoms with Gasteiger partial charge in [-0.05, 0) is 55.3 Å². The van der Waals surface area contributed by atoms with E-state index in [1.807, 2.05) is 43.3 Å². The first-order valence-corrected chi connectivity index (χ1v) is 9.46. The first-order chi connectivity index (χ1) is 12.5. The van der Waals surface area contributed by atoms with Gasteiger partial charge in [0.25, 0.3) is 0 Å². The number of halogens is 2. The van der Waals surface area contributed by atoms with Crippen LogP contribution in [0.3, 0.4) is 0 Å². The standard InChI is InChI=1S/C22H19BrClNO/c1-15-3-6-17(7-4-15)14-26-22-10-8-19(23)11-18(22)13-25-20-9-5-16(2)21(24)12-20/h3-13H,14H2,1-2H3. The van der Waals surface area contributed by atoms with E-state index in [4.69, 9.17) is 16.3 Å². The fourth-order valence-corrected chi connectivity index (χ4v) is 2.96. The van der Waals surface area contributed by atoms with Gasteiger partial charge in [0.15, 0.2) is 0 Å². The molecule has 0 heterocycles. The SMILES string of the molecule is Cc1ccc(COc2ccc(Br)cc2C=Nc2ccc(C)c(Cl)c2)cc1. The molecular formula is C22H19BrClNO. The van der Waals surface area contributed by atoms with E-state index in [-0.39, 0.29) is 0 Å². The third-order valence-electron chi connectivity index (χ3n) is 3.99. The Morgan fingerprint density at radius 3 is 2.50 bits per heavy atom. The molecule has 0 bridgehead atoms. The van der Waals surface area contributed by atoms with Gasteiger partial charge in [-0.2, -0.15) is 0 Å². The molecule has 0 atom stereocenters. The van der Waals surface area contributed by atoms with Crippen LogP contribution < -0.4 is 4.74 Å². The summed E-state index contributed by atoms with van der Waals surface area (Å²) >= 11 is 9.68. The number of aryl methyl sites for hydroxylation is 2. The molecule has 0 aliphatic rings. The van der Waals surface area contributed by atoms with Crippen molar-refractivity contribution in [3.05, 3.63) is 92.4 Å². The molecule has 132 valence electrons. The lowest BCUT2D eigenvalue weighted by Gasteiger charge is -2.10. The van der Waals surface area contributed by atoms with Crippen molar-refractivity contribution in [2.45, 2.75) is 20.5 Å². The lowest BCUT2D eigenvalue weighted by Crippen LogP contribution is -1.98. The summed E-state index contributed by atoms with van der Waals surface area (Å²) in [4.78, 5) is 4.54. The van der Waals surface area contributed by atoms with E-state index in [1.165, 1.54) is 5.56 Å². The molecule has 0 N–H and O–H groups in total. The molecule has 0 radical (unpaired) electrons. The van der Waals surface area contributed by atoms with Crippen LogP contribution in [0, 0.1) is 13.8 Å². The number of hydrogen-bond acceptors (Lipinski definition) is 2. The lowest BCUT2D eigenvalue weighted by molar-refractivity contribution is 0.306. The predicted molar refractivity (Wildman–Crippen MR) is 113 cm³/mol. The fraction of sp³-hybridized carbons (Fsp3) is 0.136. The topological polar surface area (TPSA) is 21.6 Å². The average Bonchev–Trinajstić information content (AvgIpc) is 2.63. The summed E-state index contributed by atoms with van der Waals surface area (Å²) in [6.07, 6.45) is 1.80. The van der Waals surface area contributed by atoms with Gasteiger partial charge in [-0.1, -0.05) is 63.4 Å². The molecule has 26 heavy (non-hydrogen) atoms. The maximum absolute atomic E-state index is 6.17. The van der Waals surface area contributed by atoms with E-state index < -0.39 is 0 Å². The summed E-state index contributed by atoms with van der Waals surface area (Å²) < 4.78 is 6.99. The van der Waals surface area contributed by atoms with Gasteiger partial charge < -0.3 is 4.74 Å². The Hall–Kier alpha value is -2.10. The largest absolute Gasteiger partial charge is 0.488 e. The summed E-state index contributed by atoms with van der Waals surface area (Å²) in [5.41, 5.74) is 5.12. The molecule has 0 aliphatic heterocycles. The van der Waals surface area contributed by atoms with Crippen LogP contribution in [-0.4, -0.2) is 6.21 Å². The molecule has 3 rings (SSSR count). The van der Waals surface area contributed by atoms with E-state index in [9.17, 15) is 0 Å². The molecule has 0 aliphatic carbocycles. The van der Waals surface area contributed by atoms with Crippen molar-refractivity contribution in [2.24, 2.45) is 4.99 Å². The van der Waals surface area contributed by atoms with E-state index >= 15 is 0 Å². The van der Waals surface area contributed by atoms with Crippen LogP contribution in [0.15, 0.2) is 70.1 Å². The number of ether oxygens (including phenoxy) is 1. The summed E-state index contributed by atoms with van der Waals surface area (Å²) in [7, 11) is 0. The molecule has 3 aromatic rings. The summed E-state index contributed by atoms with van der Waals surface area (Å²) in [5.74, 6) is 0.788. The summed E-state index contributed by atoms with van der Waals surface area (Å²) in [5, 5.41) is 0.713. The number of rotatable bonds is 5. The Morgan fingerprint density at radius 1 is 1.00 bits per heavy atom. The van der Waals surface area contributed by atoms with Crippen molar-refractivity contribution >= 4 is 39.4 Å². The lowest BCUT2D eigenvalue weighted by atomic mass is 10.1. The average molecular weight is 429 g/mol. The van der Waals surface area contributed by atoms with Crippen LogP contribution in [0.25, 0.3) is 0 Å². The minimum absolute atomic E-state index is 0.513. The maximum atomic E-state index is 6.17. The van der Waals surface area contributed by atoms with Gasteiger partial charge in [-0.25, -0.2) is 0 Å². The highest BCUT2D eigenvalue weighted by Gasteiger charge is 2.04. The Balaban J connectivity index is 1.79. The van der Waals surface area contributed by atoms with Gasteiger partial charge in [-0.3, -0.25) is 4.99 Å². The number of nitrogens with zero attached hydrogens (tertiary/aromatic N) is 1. The van der Waals surface area contributed by atoms with Crippen molar-refractivity contribution in [1.29, 1.82) is 0 Å². The van der Waals surface area contributed by atoms with Crippen LogP contribution in [0.2, 0.25) is 5.02 Å². The zero-order chi connectivity index (χ0) is 18.5. The molecule has 0 fully saturated rings. The molecule has 4 heteroatoms. The van der Waals surface area contributed by atoms with Gasteiger partial charge in [-0.15, -0.1) is 0 Å². The van der Waals surface area contributed by atoms with Crippen LogP contribution in [-0.2, 0) is 6.61 Å². The van der Waals surface area contributed by atoms with Gasteiger partial charge in [0.05, 0.1) is 5.69 Å². The molecule has 0 saturated heterocycles. The highest BCUT2D eigenvalue weighted by atomic mass is 79.9. The second kappa shape index (κ2) is 8.52. The maximum Gasteiger partial charge on any atom is 0.128 e. The summed E-state index contributed by atoms with van der Waals surface area (Å²) in [6, 6.07) is 20.0. The second-order valence-corrected chi connectivity index (χ2v) is 7.47. The summed E-state index contributed by atoms with van der Waals surface area (Å²) in [6.45, 7) is 4.56. The predicted octanol–water partition coefficient (Wildman–Crippen LogP) is 7.05. The minimum Gasteiger partial charge on any atom is -0.488 e. The monoisotopic (exact) mass is 427 g/mol. The molecular weight excluding hydrogens is 410 g/mol. The van der Waals surface area contributed by atoms with E-state index in [2.05, 4.69) is 52.1 Å². The highest BCUT2D eigenvalue weighted by Crippen LogP contribution is 2.25. The smallest absolute Gasteiger partial charge is 0.128 e. The second-order valence-electron chi connectivity index (χ2n) is 6.15. The Kier molecular flexibility index (Phi) is 6.12. The third-order valence-corrected chi connectivity index (χ3v) is 4.90. The van der Waals surface area contributed by atoms with Crippen molar-refractivity contribution < 1.29 is 4.74 Å². The molecule has 0 aromatic heterocycles. The van der Waals surface area contributed by atoms with E-state index in [0.29, 0.717) is 11.6 Å². The Bertz CT molecular complexity index is 935. The number of benzene rings is 3. The minimum atomic E-state index is 0.513. The normalized spacial score (nSPS) is 11.1. The van der Waals surface area contributed by atoms with Crippen LogP contribution in [0.4, 0.5) is 5.69 Å². The number of hydrogen-bond donors (Lipinski definition) is 0. The molecule has 0 spiro atoms. The zero-order valence-corrected chi connectivity index (χ0v) is 17.0. The highest BCUT2D eigenvalue weighted by molar-refractivity contribution is 9.10. The van der Waals surface area contributed by atoms with Gasteiger partial charge in [0.2, 0.25) is 0 Å². The van der Waals surface area contributed by atoms with Crippen molar-refractivity contribution in [1.82, 2.24) is 0 Å². The quantitative estimate of drug-likeness (QED) is 0.399. The van der Waals surface area contributed by atoms with E-state index in [1.54, 1.807) is 6.21 Å². The fourth-order valence-electron chi connectivity index (χ4n) is 2.40. The van der Waals surface area contributed by atoms with Gasteiger partial charge in [0.1, 0.15) is 12.4 Å². The van der Waals surface area contributed by atoms with Gasteiger partial charge >= 0.3 is 0 Å². The Morgan fingerprint density at radius 2 is 1.77 bits per heavy atom. The van der Waals surface area contributed by atoms with Gasteiger partial charge in [0, 0.05) is 21.3 Å². The van der Waals surface area contributed by atoms with Crippen molar-refractivity contribution in [3.63, 3.8) is 0 Å². The van der Waals surface area contributed by atoms with Crippen molar-refractivity contribution in [2.75, 3.05) is 0 Å². The molecule has 0 saturated carbocycles. The van der Waals surface area contributed by atoms with Crippen LogP contribution in [0.1, 0.15) is 22.3 Å². The zero-order valence-electron chi connectivity index (χ0n) is 14.7. The Labute approximate surface area is 167 Å². The first kappa shape index (κ1) is 18.7. The molecule has 3 aromatic carbocycles. The molecule has 0 unspecified atom stereocenters. The van der Waals surface area contributed by atoms with Crippen LogP contribution >= 0.6 is 27.5 Å². The molecule has 2 nitrogen and oxygen atoms in total. The van der Waals surface area contributed by atoms with E-state index in [0.717, 1.165) is 32.6 Å². The molecule has 0 amide bonds.